The van der Waals surface area contributed by atoms with Gasteiger partial charge in [0.15, 0.2) is 0 Å². The first kappa shape index (κ1) is 12.3. The Balaban J connectivity index is 1.49. The molecule has 2 aromatic rings. The van der Waals surface area contributed by atoms with Crippen LogP contribution in [0.1, 0.15) is 12.8 Å². The Morgan fingerprint density at radius 2 is 2.15 bits per heavy atom. The second kappa shape index (κ2) is 5.14. The van der Waals surface area contributed by atoms with Crippen molar-refractivity contribution in [3.05, 3.63) is 30.7 Å². The summed E-state index contributed by atoms with van der Waals surface area (Å²) in [5, 5.41) is 0.794. The molecule has 5 heteroatoms. The lowest BCUT2D eigenvalue weighted by atomic mass is 9.86. The molecule has 2 bridgehead atoms. The third-order valence-electron chi connectivity index (χ3n) is 4.28. The molecular formula is C15H17N3OS. The molecule has 104 valence electrons. The molecule has 3 fully saturated rings. The van der Waals surface area contributed by atoms with Crippen LogP contribution < -0.4 is 4.74 Å². The van der Waals surface area contributed by atoms with Crippen LogP contribution in [0.5, 0.6) is 5.19 Å². The van der Waals surface area contributed by atoms with Crippen LogP contribution in [0.2, 0.25) is 0 Å². The molecule has 0 aliphatic carbocycles. The lowest BCUT2D eigenvalue weighted by molar-refractivity contribution is -0.00785. The Kier molecular flexibility index (Phi) is 3.16. The quantitative estimate of drug-likeness (QED) is 0.870. The van der Waals surface area contributed by atoms with Crippen molar-refractivity contribution in [3.8, 4) is 15.6 Å². The van der Waals surface area contributed by atoms with Gasteiger partial charge in [-0.1, -0.05) is 17.4 Å². The minimum absolute atomic E-state index is 0.324. The minimum atomic E-state index is 0.324. The van der Waals surface area contributed by atoms with Gasteiger partial charge in [-0.2, -0.15) is 0 Å². The molecule has 5 rings (SSSR count). The number of nitrogens with zero attached hydrogens (tertiary/aromatic N) is 3. The molecule has 0 aromatic carbocycles. The van der Waals surface area contributed by atoms with Crippen molar-refractivity contribution >= 4 is 11.3 Å². The van der Waals surface area contributed by atoms with Gasteiger partial charge in [-0.25, -0.2) is 4.98 Å². The number of thiazole rings is 1. The molecule has 0 N–H and O–H groups in total. The molecule has 0 radical (unpaired) electrons. The zero-order valence-electron chi connectivity index (χ0n) is 11.2. The van der Waals surface area contributed by atoms with Gasteiger partial charge in [0.25, 0.3) is 5.19 Å². The molecule has 1 unspecified atom stereocenters. The van der Waals surface area contributed by atoms with Crippen molar-refractivity contribution in [2.75, 3.05) is 19.6 Å². The van der Waals surface area contributed by atoms with Crippen molar-refractivity contribution in [1.29, 1.82) is 0 Å². The maximum absolute atomic E-state index is 6.14. The number of pyridine rings is 1. The van der Waals surface area contributed by atoms with E-state index in [-0.39, 0.29) is 0 Å². The Labute approximate surface area is 122 Å². The van der Waals surface area contributed by atoms with Crippen molar-refractivity contribution < 1.29 is 4.74 Å². The first-order valence-electron chi connectivity index (χ1n) is 7.14. The van der Waals surface area contributed by atoms with E-state index in [4.69, 9.17) is 4.74 Å². The summed E-state index contributed by atoms with van der Waals surface area (Å²) in [5.41, 5.74) is 1.11. The Bertz CT molecular complexity index is 578. The van der Waals surface area contributed by atoms with E-state index in [1.807, 2.05) is 18.5 Å². The molecule has 0 amide bonds. The molecule has 3 aliphatic heterocycles. The van der Waals surface area contributed by atoms with E-state index >= 15 is 0 Å². The molecule has 5 heterocycles. The number of aromatic nitrogens is 2. The number of rotatable bonds is 3. The zero-order valence-corrected chi connectivity index (χ0v) is 12.1. The van der Waals surface area contributed by atoms with E-state index in [1.54, 1.807) is 17.5 Å². The summed E-state index contributed by atoms with van der Waals surface area (Å²) in [7, 11) is 0. The highest BCUT2D eigenvalue weighted by Crippen LogP contribution is 2.34. The first-order valence-corrected chi connectivity index (χ1v) is 7.95. The molecule has 0 spiro atoms. The largest absolute Gasteiger partial charge is 0.465 e. The van der Waals surface area contributed by atoms with Crippen LogP contribution in [-0.4, -0.2) is 40.6 Å². The predicted octanol–water partition coefficient (Wildman–Crippen LogP) is 2.68. The smallest absolute Gasteiger partial charge is 0.274 e. The van der Waals surface area contributed by atoms with Gasteiger partial charge in [-0.15, -0.1) is 0 Å². The van der Waals surface area contributed by atoms with Crippen LogP contribution in [0, 0.1) is 5.92 Å². The van der Waals surface area contributed by atoms with E-state index in [9.17, 15) is 0 Å². The van der Waals surface area contributed by atoms with Crippen molar-refractivity contribution in [1.82, 2.24) is 14.9 Å². The Morgan fingerprint density at radius 3 is 2.85 bits per heavy atom. The summed E-state index contributed by atoms with van der Waals surface area (Å²) in [5.74, 6) is 0.714. The molecule has 20 heavy (non-hydrogen) atoms. The highest BCUT2D eigenvalue weighted by Gasteiger charge is 2.35. The summed E-state index contributed by atoms with van der Waals surface area (Å²) < 4.78 is 6.14. The Hall–Kier alpha value is -1.46. The third kappa shape index (κ3) is 2.31. The zero-order chi connectivity index (χ0) is 13.4. The monoisotopic (exact) mass is 287 g/mol. The first-order chi connectivity index (χ1) is 9.88. The maximum atomic E-state index is 6.14. The van der Waals surface area contributed by atoms with E-state index in [1.165, 1.54) is 25.9 Å². The molecule has 1 atom stereocenters. The van der Waals surface area contributed by atoms with Crippen molar-refractivity contribution in [3.63, 3.8) is 0 Å². The maximum Gasteiger partial charge on any atom is 0.274 e. The minimum Gasteiger partial charge on any atom is -0.465 e. The second-order valence-corrected chi connectivity index (χ2v) is 6.52. The molecule has 0 saturated carbocycles. The van der Waals surface area contributed by atoms with E-state index in [0.717, 1.165) is 22.2 Å². The number of hydrogen-bond acceptors (Lipinski definition) is 5. The van der Waals surface area contributed by atoms with Gasteiger partial charge in [0.05, 0.1) is 4.88 Å². The summed E-state index contributed by atoms with van der Waals surface area (Å²) in [6.45, 7) is 3.54. The molecule has 3 saturated heterocycles. The van der Waals surface area contributed by atoms with Crippen LogP contribution in [0.4, 0.5) is 0 Å². The average molecular weight is 287 g/mol. The van der Waals surface area contributed by atoms with Crippen LogP contribution in [0.15, 0.2) is 30.7 Å². The normalized spacial score (nSPS) is 28.5. The second-order valence-electron chi connectivity index (χ2n) is 5.53. The van der Waals surface area contributed by atoms with Gasteiger partial charge in [-0.05, 0) is 37.9 Å². The van der Waals surface area contributed by atoms with Crippen LogP contribution in [-0.2, 0) is 0 Å². The average Bonchev–Trinajstić information content (AvgIpc) is 2.98. The topological polar surface area (TPSA) is 38.3 Å². The lowest BCUT2D eigenvalue weighted by Crippen LogP contribution is -2.52. The summed E-state index contributed by atoms with van der Waals surface area (Å²) in [4.78, 5) is 12.2. The van der Waals surface area contributed by atoms with Gasteiger partial charge in [0, 0.05) is 30.7 Å². The number of piperidine rings is 3. The van der Waals surface area contributed by atoms with Crippen LogP contribution in [0.25, 0.3) is 10.4 Å². The van der Waals surface area contributed by atoms with Gasteiger partial charge in [0.1, 0.15) is 6.10 Å². The molecule has 2 aromatic heterocycles. The molecule has 4 nitrogen and oxygen atoms in total. The van der Waals surface area contributed by atoms with Gasteiger partial charge >= 0.3 is 0 Å². The van der Waals surface area contributed by atoms with E-state index in [2.05, 4.69) is 20.9 Å². The lowest BCUT2D eigenvalue weighted by Gasteiger charge is -2.43. The predicted molar refractivity (Wildman–Crippen MR) is 78.9 cm³/mol. The van der Waals surface area contributed by atoms with E-state index in [0.29, 0.717) is 12.0 Å². The van der Waals surface area contributed by atoms with Crippen LogP contribution >= 0.6 is 11.3 Å². The van der Waals surface area contributed by atoms with Gasteiger partial charge in [0.2, 0.25) is 0 Å². The van der Waals surface area contributed by atoms with E-state index < -0.39 is 0 Å². The van der Waals surface area contributed by atoms with Gasteiger partial charge < -0.3 is 4.74 Å². The number of hydrogen-bond donors (Lipinski definition) is 0. The highest BCUT2D eigenvalue weighted by molar-refractivity contribution is 7.16. The van der Waals surface area contributed by atoms with Crippen molar-refractivity contribution in [2.24, 2.45) is 5.92 Å². The highest BCUT2D eigenvalue weighted by atomic mass is 32.1. The fraction of sp³-hybridized carbons (Fsp3) is 0.467. The number of fused-ring (bicyclic) bond motifs is 3. The standard InChI is InChI=1S/C15H17N3OS/c1-2-12(8-16-5-1)14-9-17-15(20-14)19-13-10-18-6-3-11(13)4-7-18/h1-2,5,8-9,11,13H,3-4,6-7,10H2. The summed E-state index contributed by atoms with van der Waals surface area (Å²) in [6, 6.07) is 4.00. The number of ether oxygens (including phenoxy) is 1. The van der Waals surface area contributed by atoms with Crippen molar-refractivity contribution in [2.45, 2.75) is 18.9 Å². The fourth-order valence-corrected chi connectivity index (χ4v) is 3.94. The molecule has 3 aliphatic rings. The third-order valence-corrected chi connectivity index (χ3v) is 5.22. The summed E-state index contributed by atoms with van der Waals surface area (Å²) in [6.07, 6.45) is 8.40. The van der Waals surface area contributed by atoms with Crippen LogP contribution in [0.3, 0.4) is 0 Å². The molecular weight excluding hydrogens is 270 g/mol. The fourth-order valence-electron chi connectivity index (χ4n) is 3.13. The van der Waals surface area contributed by atoms with Gasteiger partial charge in [-0.3, -0.25) is 9.88 Å². The Morgan fingerprint density at radius 1 is 1.25 bits per heavy atom. The SMILES string of the molecule is c1cncc(-c2cnc(OC3CN4CCC3CC4)s2)c1. The summed E-state index contributed by atoms with van der Waals surface area (Å²) >= 11 is 1.62.